The van der Waals surface area contributed by atoms with Gasteiger partial charge in [0.15, 0.2) is 0 Å². The number of hydrogen-bond acceptors (Lipinski definition) is 4. The Labute approximate surface area is 130 Å². The molecule has 1 aromatic carbocycles. The van der Waals surface area contributed by atoms with E-state index in [9.17, 15) is 4.79 Å². The quantitative estimate of drug-likeness (QED) is 0.841. The number of nitrogens with zero attached hydrogens (tertiary/aromatic N) is 2. The summed E-state index contributed by atoms with van der Waals surface area (Å²) in [6.07, 6.45) is 0. The summed E-state index contributed by atoms with van der Waals surface area (Å²) in [5, 5.41) is 12.1. The second kappa shape index (κ2) is 8.50. The van der Waals surface area contributed by atoms with Gasteiger partial charge in [-0.25, -0.2) is 0 Å². The van der Waals surface area contributed by atoms with Gasteiger partial charge in [0.1, 0.15) is 5.75 Å². The first-order valence-electron chi connectivity index (χ1n) is 6.75. The highest BCUT2D eigenvalue weighted by Crippen LogP contribution is 2.27. The van der Waals surface area contributed by atoms with Crippen LogP contribution in [0.5, 0.6) is 5.75 Å². The molecule has 114 valence electrons. The lowest BCUT2D eigenvalue weighted by Gasteiger charge is -2.21. The zero-order chi connectivity index (χ0) is 15.8. The molecule has 0 saturated heterocycles. The third kappa shape index (κ3) is 5.62. The molecule has 0 bridgehead atoms. The highest BCUT2D eigenvalue weighted by molar-refractivity contribution is 6.31. The molecule has 1 amide bonds. The van der Waals surface area contributed by atoms with Gasteiger partial charge in [-0.2, -0.15) is 5.26 Å². The molecule has 6 heteroatoms. The second-order valence-corrected chi connectivity index (χ2v) is 5.19. The first kappa shape index (κ1) is 17.3. The fraction of sp³-hybridized carbons (Fsp3) is 0.467. The van der Waals surface area contributed by atoms with Crippen molar-refractivity contribution in [1.82, 2.24) is 4.90 Å². The Balaban J connectivity index is 2.68. The summed E-state index contributed by atoms with van der Waals surface area (Å²) in [6, 6.07) is 7.21. The van der Waals surface area contributed by atoms with Gasteiger partial charge >= 0.3 is 0 Å². The number of rotatable bonds is 7. The van der Waals surface area contributed by atoms with Crippen LogP contribution in [0, 0.1) is 17.2 Å². The molecule has 5 nitrogen and oxygen atoms in total. The number of carbonyl (C=O) groups excluding carboxylic acids is 1. The second-order valence-electron chi connectivity index (χ2n) is 4.75. The minimum Gasteiger partial charge on any atom is -0.495 e. The number of carbonyl (C=O) groups is 1. The number of benzene rings is 1. The Kier molecular flexibility index (Phi) is 7.00. The van der Waals surface area contributed by atoms with Crippen LogP contribution in [0.15, 0.2) is 18.2 Å². The van der Waals surface area contributed by atoms with Gasteiger partial charge in [-0.1, -0.05) is 18.5 Å². The van der Waals surface area contributed by atoms with Gasteiger partial charge in [-0.05, 0) is 31.7 Å². The Bertz CT molecular complexity index is 528. The molecule has 21 heavy (non-hydrogen) atoms. The maximum atomic E-state index is 12.1. The summed E-state index contributed by atoms with van der Waals surface area (Å²) in [5.74, 6) is 0.280. The van der Waals surface area contributed by atoms with Crippen LogP contribution in [0.2, 0.25) is 5.02 Å². The molecule has 0 aliphatic heterocycles. The van der Waals surface area contributed by atoms with E-state index < -0.39 is 0 Å². The number of ether oxygens (including phenoxy) is 1. The van der Waals surface area contributed by atoms with E-state index in [-0.39, 0.29) is 18.4 Å². The lowest BCUT2D eigenvalue weighted by molar-refractivity contribution is -0.117. The predicted octanol–water partition coefficient (Wildman–Crippen LogP) is 2.77. The normalized spacial score (nSPS) is 11.8. The van der Waals surface area contributed by atoms with Crippen molar-refractivity contribution in [2.75, 3.05) is 32.1 Å². The molecular weight excluding hydrogens is 290 g/mol. The number of halogens is 1. The average Bonchev–Trinajstić information content (AvgIpc) is 2.46. The summed E-state index contributed by atoms with van der Waals surface area (Å²) in [4.78, 5) is 14.0. The Morgan fingerprint density at radius 2 is 2.29 bits per heavy atom. The van der Waals surface area contributed by atoms with E-state index in [1.807, 2.05) is 18.7 Å². The van der Waals surface area contributed by atoms with Gasteiger partial charge < -0.3 is 10.1 Å². The van der Waals surface area contributed by atoms with E-state index in [2.05, 4.69) is 11.4 Å². The summed E-state index contributed by atoms with van der Waals surface area (Å²) in [7, 11) is 1.53. The maximum absolute atomic E-state index is 12.1. The van der Waals surface area contributed by atoms with Crippen molar-refractivity contribution < 1.29 is 9.53 Å². The highest BCUT2D eigenvalue weighted by atomic mass is 35.5. The zero-order valence-corrected chi connectivity index (χ0v) is 13.3. The molecule has 1 atom stereocenters. The minimum absolute atomic E-state index is 0.113. The van der Waals surface area contributed by atoms with Gasteiger partial charge in [0.25, 0.3) is 0 Å². The van der Waals surface area contributed by atoms with E-state index in [0.29, 0.717) is 29.5 Å². The smallest absolute Gasteiger partial charge is 0.238 e. The van der Waals surface area contributed by atoms with Crippen LogP contribution >= 0.6 is 11.6 Å². The molecule has 1 aromatic rings. The van der Waals surface area contributed by atoms with Crippen LogP contribution in [0.3, 0.4) is 0 Å². The number of nitriles is 1. The van der Waals surface area contributed by atoms with Crippen molar-refractivity contribution in [3.63, 3.8) is 0 Å². The Hall–Kier alpha value is -1.77. The molecule has 0 fully saturated rings. The summed E-state index contributed by atoms with van der Waals surface area (Å²) >= 11 is 5.92. The number of nitrogens with one attached hydrogen (secondary N) is 1. The lowest BCUT2D eigenvalue weighted by Crippen LogP contribution is -2.35. The molecule has 1 rings (SSSR count). The van der Waals surface area contributed by atoms with Crippen molar-refractivity contribution >= 4 is 23.2 Å². The topological polar surface area (TPSA) is 65.4 Å². The van der Waals surface area contributed by atoms with Gasteiger partial charge in [-0.3, -0.25) is 9.69 Å². The molecule has 0 aliphatic carbocycles. The fourth-order valence-electron chi connectivity index (χ4n) is 1.90. The molecule has 0 saturated carbocycles. The SMILES string of the molecule is CCN(CC(=O)Nc1cc(Cl)ccc1OC)CC(C)C#N. The predicted molar refractivity (Wildman–Crippen MR) is 83.5 cm³/mol. The fourth-order valence-corrected chi connectivity index (χ4v) is 2.08. The van der Waals surface area contributed by atoms with Crippen LogP contribution in [-0.2, 0) is 4.79 Å². The standard InChI is InChI=1S/C15H20ClN3O2/c1-4-19(9-11(2)8-17)10-15(20)18-13-7-12(16)5-6-14(13)21-3/h5-7,11H,4,9-10H2,1-3H3,(H,18,20). The van der Waals surface area contributed by atoms with E-state index in [1.54, 1.807) is 18.2 Å². The Morgan fingerprint density at radius 3 is 2.86 bits per heavy atom. The molecular formula is C15H20ClN3O2. The van der Waals surface area contributed by atoms with Crippen LogP contribution < -0.4 is 10.1 Å². The van der Waals surface area contributed by atoms with Gasteiger partial charge in [0.05, 0.1) is 31.3 Å². The molecule has 0 spiro atoms. The van der Waals surface area contributed by atoms with E-state index in [4.69, 9.17) is 21.6 Å². The minimum atomic E-state index is -0.164. The maximum Gasteiger partial charge on any atom is 0.238 e. The summed E-state index contributed by atoms with van der Waals surface area (Å²) < 4.78 is 5.18. The first-order chi connectivity index (χ1) is 9.99. The number of anilines is 1. The number of hydrogen-bond donors (Lipinski definition) is 1. The molecule has 1 unspecified atom stereocenters. The van der Waals surface area contributed by atoms with Crippen molar-refractivity contribution in [3.8, 4) is 11.8 Å². The lowest BCUT2D eigenvalue weighted by atomic mass is 10.2. The largest absolute Gasteiger partial charge is 0.495 e. The van der Waals surface area contributed by atoms with E-state index in [1.165, 1.54) is 7.11 Å². The number of amides is 1. The molecule has 0 aromatic heterocycles. The van der Waals surface area contributed by atoms with Crippen LogP contribution in [0.4, 0.5) is 5.69 Å². The molecule has 0 aliphatic rings. The summed E-state index contributed by atoms with van der Waals surface area (Å²) in [6.45, 7) is 5.27. The van der Waals surface area contributed by atoms with Crippen molar-refractivity contribution in [2.24, 2.45) is 5.92 Å². The Morgan fingerprint density at radius 1 is 1.57 bits per heavy atom. The van der Waals surface area contributed by atoms with Crippen LogP contribution in [0.1, 0.15) is 13.8 Å². The van der Waals surface area contributed by atoms with Gasteiger partial charge in [0.2, 0.25) is 5.91 Å². The van der Waals surface area contributed by atoms with Crippen LogP contribution in [-0.4, -0.2) is 37.6 Å². The molecule has 1 N–H and O–H groups in total. The van der Waals surface area contributed by atoms with E-state index >= 15 is 0 Å². The molecule has 0 heterocycles. The first-order valence-corrected chi connectivity index (χ1v) is 7.13. The third-order valence-corrected chi connectivity index (χ3v) is 3.24. The highest BCUT2D eigenvalue weighted by Gasteiger charge is 2.14. The van der Waals surface area contributed by atoms with Gasteiger partial charge in [0, 0.05) is 11.6 Å². The monoisotopic (exact) mass is 309 g/mol. The zero-order valence-electron chi connectivity index (χ0n) is 12.5. The number of methoxy groups -OCH3 is 1. The molecule has 0 radical (unpaired) electrons. The third-order valence-electron chi connectivity index (χ3n) is 3.00. The van der Waals surface area contributed by atoms with Crippen molar-refractivity contribution in [1.29, 1.82) is 5.26 Å². The number of likely N-dealkylation sites (N-methyl/N-ethyl adjacent to an activating group) is 1. The average molecular weight is 310 g/mol. The van der Waals surface area contributed by atoms with Crippen molar-refractivity contribution in [2.45, 2.75) is 13.8 Å². The van der Waals surface area contributed by atoms with Gasteiger partial charge in [-0.15, -0.1) is 0 Å². The van der Waals surface area contributed by atoms with Crippen molar-refractivity contribution in [3.05, 3.63) is 23.2 Å². The van der Waals surface area contributed by atoms with Crippen LogP contribution in [0.25, 0.3) is 0 Å². The summed E-state index contributed by atoms with van der Waals surface area (Å²) in [5.41, 5.74) is 0.541. The van der Waals surface area contributed by atoms with E-state index in [0.717, 1.165) is 0 Å².